The van der Waals surface area contributed by atoms with Crippen molar-refractivity contribution in [1.82, 2.24) is 20.5 Å². The average molecular weight is 220 g/mol. The summed E-state index contributed by atoms with van der Waals surface area (Å²) in [6.07, 6.45) is 7.71. The van der Waals surface area contributed by atoms with Crippen LogP contribution in [0.4, 0.5) is 0 Å². The van der Waals surface area contributed by atoms with Crippen molar-refractivity contribution in [2.24, 2.45) is 5.92 Å². The van der Waals surface area contributed by atoms with Gasteiger partial charge in [0, 0.05) is 12.3 Å². The van der Waals surface area contributed by atoms with Gasteiger partial charge in [0.2, 0.25) is 0 Å². The number of rotatable bonds is 3. The van der Waals surface area contributed by atoms with Gasteiger partial charge in [-0.15, -0.1) is 0 Å². The van der Waals surface area contributed by atoms with Crippen molar-refractivity contribution in [3.05, 3.63) is 11.6 Å². The van der Waals surface area contributed by atoms with Gasteiger partial charge in [0.25, 0.3) is 0 Å². The van der Waals surface area contributed by atoms with E-state index in [9.17, 15) is 0 Å². The number of nitrogens with one attached hydrogen (secondary N) is 2. The second-order valence-corrected chi connectivity index (χ2v) is 5.20. The van der Waals surface area contributed by atoms with Gasteiger partial charge in [-0.1, -0.05) is 19.3 Å². The molecule has 4 heteroatoms. The second-order valence-electron chi connectivity index (χ2n) is 5.20. The summed E-state index contributed by atoms with van der Waals surface area (Å²) in [4.78, 5) is 4.66. The summed E-state index contributed by atoms with van der Waals surface area (Å²) in [5.41, 5.74) is 0. The van der Waals surface area contributed by atoms with E-state index in [1.807, 2.05) is 0 Å². The van der Waals surface area contributed by atoms with Crippen molar-refractivity contribution >= 4 is 0 Å². The van der Waals surface area contributed by atoms with Gasteiger partial charge in [-0.25, -0.2) is 4.98 Å². The van der Waals surface area contributed by atoms with E-state index in [1.54, 1.807) is 0 Å². The fraction of sp³-hybridized carbons (Fsp3) is 0.833. The first-order valence-electron chi connectivity index (χ1n) is 6.54. The SMILES string of the molecule is C1CCC(c2n[nH]c(CC3CNC3)n2)CC1. The predicted octanol–water partition coefficient (Wildman–Crippen LogP) is 1.61. The molecule has 1 aliphatic heterocycles. The predicted molar refractivity (Wildman–Crippen MR) is 62.3 cm³/mol. The van der Waals surface area contributed by atoms with Crippen molar-refractivity contribution in [1.29, 1.82) is 0 Å². The van der Waals surface area contributed by atoms with E-state index in [1.165, 1.54) is 32.1 Å². The molecule has 2 aliphatic rings. The first kappa shape index (κ1) is 10.3. The molecule has 4 nitrogen and oxygen atoms in total. The summed E-state index contributed by atoms with van der Waals surface area (Å²) in [5, 5.41) is 10.8. The first-order chi connectivity index (χ1) is 7.92. The third-order valence-corrected chi connectivity index (χ3v) is 3.87. The fourth-order valence-corrected chi connectivity index (χ4v) is 2.71. The molecule has 2 N–H and O–H groups in total. The summed E-state index contributed by atoms with van der Waals surface area (Å²) >= 11 is 0. The number of hydrogen-bond donors (Lipinski definition) is 2. The minimum Gasteiger partial charge on any atom is -0.316 e. The first-order valence-corrected chi connectivity index (χ1v) is 6.54. The van der Waals surface area contributed by atoms with Gasteiger partial charge < -0.3 is 5.32 Å². The van der Waals surface area contributed by atoms with Crippen LogP contribution in [0, 0.1) is 5.92 Å². The minimum atomic E-state index is 0.623. The molecule has 3 rings (SSSR count). The van der Waals surface area contributed by atoms with Gasteiger partial charge in [0.1, 0.15) is 5.82 Å². The van der Waals surface area contributed by atoms with Crippen molar-refractivity contribution in [3.8, 4) is 0 Å². The maximum Gasteiger partial charge on any atom is 0.153 e. The van der Waals surface area contributed by atoms with E-state index in [-0.39, 0.29) is 0 Å². The lowest BCUT2D eigenvalue weighted by Crippen LogP contribution is -2.43. The van der Waals surface area contributed by atoms with Crippen LogP contribution in [0.15, 0.2) is 0 Å². The van der Waals surface area contributed by atoms with Gasteiger partial charge in [0.15, 0.2) is 5.82 Å². The van der Waals surface area contributed by atoms with Gasteiger partial charge in [-0.05, 0) is 31.8 Å². The Balaban J connectivity index is 1.61. The molecular formula is C12H20N4. The third-order valence-electron chi connectivity index (χ3n) is 3.87. The molecule has 1 aliphatic carbocycles. The van der Waals surface area contributed by atoms with Gasteiger partial charge in [-0.2, -0.15) is 5.10 Å². The zero-order valence-electron chi connectivity index (χ0n) is 9.71. The molecule has 0 aromatic carbocycles. The summed E-state index contributed by atoms with van der Waals surface area (Å²) < 4.78 is 0. The molecule has 0 amide bonds. The molecule has 1 aromatic rings. The summed E-state index contributed by atoms with van der Waals surface area (Å²) in [7, 11) is 0. The van der Waals surface area contributed by atoms with Crippen molar-refractivity contribution in [2.75, 3.05) is 13.1 Å². The van der Waals surface area contributed by atoms with E-state index in [0.717, 1.165) is 37.1 Å². The normalized spacial score (nSPS) is 23.2. The molecule has 1 saturated heterocycles. The number of aromatic amines is 1. The molecule has 0 unspecified atom stereocenters. The Morgan fingerprint density at radius 3 is 2.62 bits per heavy atom. The largest absolute Gasteiger partial charge is 0.316 e. The summed E-state index contributed by atoms with van der Waals surface area (Å²) in [5.74, 6) is 3.56. The second kappa shape index (κ2) is 4.53. The molecule has 1 aromatic heterocycles. The van der Waals surface area contributed by atoms with Crippen LogP contribution < -0.4 is 5.32 Å². The summed E-state index contributed by atoms with van der Waals surface area (Å²) in [6.45, 7) is 2.28. The Morgan fingerprint density at radius 2 is 1.94 bits per heavy atom. The Bertz CT molecular complexity index is 337. The quantitative estimate of drug-likeness (QED) is 0.813. The lowest BCUT2D eigenvalue weighted by molar-refractivity contribution is 0.341. The number of aromatic nitrogens is 3. The molecule has 2 fully saturated rings. The highest BCUT2D eigenvalue weighted by atomic mass is 15.2. The lowest BCUT2D eigenvalue weighted by Gasteiger charge is -2.25. The van der Waals surface area contributed by atoms with Crippen LogP contribution in [0.2, 0.25) is 0 Å². The van der Waals surface area contributed by atoms with E-state index in [0.29, 0.717) is 5.92 Å². The number of nitrogens with zero attached hydrogens (tertiary/aromatic N) is 2. The molecule has 0 radical (unpaired) electrons. The summed E-state index contributed by atoms with van der Waals surface area (Å²) in [6, 6.07) is 0. The van der Waals surface area contributed by atoms with Crippen LogP contribution in [0.1, 0.15) is 49.7 Å². The topological polar surface area (TPSA) is 53.6 Å². The Hall–Kier alpha value is -0.900. The van der Waals surface area contributed by atoms with Gasteiger partial charge in [-0.3, -0.25) is 5.10 Å². The highest BCUT2D eigenvalue weighted by molar-refractivity contribution is 5.00. The van der Waals surface area contributed by atoms with Crippen molar-refractivity contribution in [2.45, 2.75) is 44.4 Å². The molecule has 0 atom stereocenters. The molecular weight excluding hydrogens is 200 g/mol. The molecule has 16 heavy (non-hydrogen) atoms. The van der Waals surface area contributed by atoms with Gasteiger partial charge >= 0.3 is 0 Å². The smallest absolute Gasteiger partial charge is 0.153 e. The highest BCUT2D eigenvalue weighted by Crippen LogP contribution is 2.30. The Kier molecular flexibility index (Phi) is 2.91. The van der Waals surface area contributed by atoms with E-state index < -0.39 is 0 Å². The molecule has 2 heterocycles. The molecule has 0 bridgehead atoms. The average Bonchev–Trinajstić information content (AvgIpc) is 2.73. The highest BCUT2D eigenvalue weighted by Gasteiger charge is 2.22. The zero-order chi connectivity index (χ0) is 10.8. The van der Waals surface area contributed by atoms with Crippen LogP contribution in [0.25, 0.3) is 0 Å². The van der Waals surface area contributed by atoms with Crippen molar-refractivity contribution in [3.63, 3.8) is 0 Å². The van der Waals surface area contributed by atoms with Crippen LogP contribution in [0.3, 0.4) is 0 Å². The van der Waals surface area contributed by atoms with Crippen molar-refractivity contribution < 1.29 is 0 Å². The van der Waals surface area contributed by atoms with Crippen LogP contribution in [0.5, 0.6) is 0 Å². The third kappa shape index (κ3) is 2.12. The molecule has 0 spiro atoms. The standard InChI is InChI=1S/C12H20N4/c1-2-4-10(5-3-1)12-14-11(15-16-12)6-9-7-13-8-9/h9-10,13H,1-8H2,(H,14,15,16). The molecule has 1 saturated carbocycles. The zero-order valence-corrected chi connectivity index (χ0v) is 9.71. The van der Waals surface area contributed by atoms with Crippen LogP contribution in [-0.2, 0) is 6.42 Å². The van der Waals surface area contributed by atoms with E-state index in [4.69, 9.17) is 0 Å². The van der Waals surface area contributed by atoms with Crippen LogP contribution >= 0.6 is 0 Å². The van der Waals surface area contributed by atoms with E-state index in [2.05, 4.69) is 20.5 Å². The maximum atomic E-state index is 4.66. The Labute approximate surface area is 96.2 Å². The monoisotopic (exact) mass is 220 g/mol. The maximum absolute atomic E-state index is 4.66. The number of H-pyrrole nitrogens is 1. The van der Waals surface area contributed by atoms with Gasteiger partial charge in [0.05, 0.1) is 0 Å². The fourth-order valence-electron chi connectivity index (χ4n) is 2.71. The lowest BCUT2D eigenvalue weighted by atomic mass is 9.89. The minimum absolute atomic E-state index is 0.623. The Morgan fingerprint density at radius 1 is 1.12 bits per heavy atom. The van der Waals surface area contributed by atoms with E-state index >= 15 is 0 Å². The molecule has 88 valence electrons. The number of hydrogen-bond acceptors (Lipinski definition) is 3. The van der Waals surface area contributed by atoms with Crippen LogP contribution in [-0.4, -0.2) is 28.3 Å².